The molecule has 482 valence electrons. The lowest BCUT2D eigenvalue weighted by atomic mass is 10.0. The predicted molar refractivity (Wildman–Crippen MR) is 362 cm³/mol. The van der Waals surface area contributed by atoms with Crippen LogP contribution in [0.5, 0.6) is 0 Å². The summed E-state index contributed by atoms with van der Waals surface area (Å²) in [6.45, 7) is 6.58. The van der Waals surface area contributed by atoms with Gasteiger partial charge in [-0.1, -0.05) is 344 Å². The van der Waals surface area contributed by atoms with E-state index in [9.17, 15) is 14.4 Å². The van der Waals surface area contributed by atoms with E-state index in [0.717, 1.165) is 89.9 Å². The summed E-state index contributed by atoms with van der Waals surface area (Å²) >= 11 is 0. The standard InChI is InChI=1S/C77H138O6/c1-4-7-10-13-16-19-22-25-28-31-34-36-38-40-43-46-49-52-55-58-61-64-67-70-76(79)82-73-74(72-81-75(78)69-66-63-60-57-54-51-48-45-42-33-30-27-24-21-18-15-12-9-6-3)83-77(80)71-68-65-62-59-56-53-50-47-44-41-39-37-35-32-29-26-23-20-17-14-11-8-5-2/h7,10,16,19,23,25-26,28,32,34-36,74H,4-6,8-9,11-15,17-18,20-22,24,27,29-31,33,37-73H2,1-3H3/b10-7-,19-16-,26-23-,28-25-,35-32-,36-34-. The molecule has 0 fully saturated rings. The highest BCUT2D eigenvalue weighted by atomic mass is 16.6. The molecule has 0 spiro atoms. The van der Waals surface area contributed by atoms with Crippen molar-refractivity contribution in [3.8, 4) is 0 Å². The average molecular weight is 1160 g/mol. The largest absolute Gasteiger partial charge is 0.462 e. The molecule has 0 aliphatic heterocycles. The highest BCUT2D eigenvalue weighted by molar-refractivity contribution is 5.71. The zero-order valence-electron chi connectivity index (χ0n) is 55.5. The summed E-state index contributed by atoms with van der Waals surface area (Å²) in [4.78, 5) is 38.6. The lowest BCUT2D eigenvalue weighted by molar-refractivity contribution is -0.167. The third-order valence-electron chi connectivity index (χ3n) is 16.2. The molecule has 0 radical (unpaired) electrons. The van der Waals surface area contributed by atoms with Gasteiger partial charge in [0.05, 0.1) is 0 Å². The van der Waals surface area contributed by atoms with E-state index in [2.05, 4.69) is 93.7 Å². The SMILES string of the molecule is CC/C=C\C/C=C\C/C=C\C/C=C\CCCCCCCCCCCCC(=O)OCC(COC(=O)CCCCCCCCCCCCCCCCCCCCC)OC(=O)CCCCCCCCCCCCC/C=C\C/C=C\CCCCCCC. The van der Waals surface area contributed by atoms with Crippen LogP contribution in [0.3, 0.4) is 0 Å². The number of esters is 3. The lowest BCUT2D eigenvalue weighted by Gasteiger charge is -2.18. The first-order chi connectivity index (χ1) is 41.0. The predicted octanol–water partition coefficient (Wildman–Crippen LogP) is 25.2. The maximum atomic E-state index is 13.0. The molecule has 83 heavy (non-hydrogen) atoms. The van der Waals surface area contributed by atoms with Crippen molar-refractivity contribution in [2.24, 2.45) is 0 Å². The first-order valence-electron chi connectivity index (χ1n) is 36.4. The van der Waals surface area contributed by atoms with Crippen LogP contribution in [0.15, 0.2) is 72.9 Å². The van der Waals surface area contributed by atoms with Gasteiger partial charge < -0.3 is 14.2 Å². The number of hydrogen-bond acceptors (Lipinski definition) is 6. The number of hydrogen-bond donors (Lipinski definition) is 0. The fourth-order valence-electron chi connectivity index (χ4n) is 10.8. The molecule has 0 aliphatic carbocycles. The van der Waals surface area contributed by atoms with E-state index in [1.165, 1.54) is 250 Å². The number of carbonyl (C=O) groups excluding carboxylic acids is 3. The zero-order valence-corrected chi connectivity index (χ0v) is 55.5. The van der Waals surface area contributed by atoms with Crippen LogP contribution >= 0.6 is 0 Å². The summed E-state index contributed by atoms with van der Waals surface area (Å²) in [7, 11) is 0. The van der Waals surface area contributed by atoms with Gasteiger partial charge >= 0.3 is 17.9 Å². The van der Waals surface area contributed by atoms with E-state index < -0.39 is 6.10 Å². The Morgan fingerprint density at radius 2 is 0.470 bits per heavy atom. The average Bonchev–Trinajstić information content (AvgIpc) is 3.49. The molecule has 0 amide bonds. The van der Waals surface area contributed by atoms with Crippen molar-refractivity contribution in [3.63, 3.8) is 0 Å². The third kappa shape index (κ3) is 69.5. The maximum Gasteiger partial charge on any atom is 0.306 e. The van der Waals surface area contributed by atoms with Gasteiger partial charge in [-0.3, -0.25) is 14.4 Å². The first kappa shape index (κ1) is 79.8. The van der Waals surface area contributed by atoms with Gasteiger partial charge in [0, 0.05) is 19.3 Å². The Balaban J connectivity index is 4.35. The van der Waals surface area contributed by atoms with Gasteiger partial charge in [-0.05, 0) is 89.9 Å². The summed E-state index contributed by atoms with van der Waals surface area (Å²) in [6, 6.07) is 0. The minimum absolute atomic E-state index is 0.0729. The highest BCUT2D eigenvalue weighted by Gasteiger charge is 2.19. The zero-order chi connectivity index (χ0) is 59.9. The molecule has 0 aliphatic rings. The fraction of sp³-hybridized carbons (Fsp3) is 0.805. The molecule has 0 saturated carbocycles. The Bertz CT molecular complexity index is 1520. The molecule has 0 aromatic heterocycles. The lowest BCUT2D eigenvalue weighted by Crippen LogP contribution is -2.30. The van der Waals surface area contributed by atoms with Gasteiger partial charge in [0.2, 0.25) is 0 Å². The molecule has 0 saturated heterocycles. The van der Waals surface area contributed by atoms with Crippen LogP contribution in [0, 0.1) is 0 Å². The van der Waals surface area contributed by atoms with Crippen molar-refractivity contribution in [1.29, 1.82) is 0 Å². The van der Waals surface area contributed by atoms with Crippen LogP contribution in [0.25, 0.3) is 0 Å². The molecular weight excluding hydrogens is 1020 g/mol. The summed E-state index contributed by atoms with van der Waals surface area (Å²) in [6.07, 6.45) is 93.5. The molecule has 0 aromatic rings. The van der Waals surface area contributed by atoms with Crippen molar-refractivity contribution >= 4 is 17.9 Å². The molecule has 0 aromatic carbocycles. The number of ether oxygens (including phenoxy) is 3. The summed E-state index contributed by atoms with van der Waals surface area (Å²) in [5.74, 6) is -0.854. The maximum absolute atomic E-state index is 13.0. The van der Waals surface area contributed by atoms with Crippen LogP contribution in [0.2, 0.25) is 0 Å². The minimum Gasteiger partial charge on any atom is -0.462 e. The smallest absolute Gasteiger partial charge is 0.306 e. The monoisotopic (exact) mass is 1160 g/mol. The molecule has 1 unspecified atom stereocenters. The second kappa shape index (κ2) is 71.3. The molecule has 6 heteroatoms. The molecule has 0 N–H and O–H groups in total. The van der Waals surface area contributed by atoms with Gasteiger partial charge in [-0.15, -0.1) is 0 Å². The second-order valence-electron chi connectivity index (χ2n) is 24.5. The van der Waals surface area contributed by atoms with Crippen LogP contribution in [0.4, 0.5) is 0 Å². The topological polar surface area (TPSA) is 78.9 Å². The third-order valence-corrected chi connectivity index (χ3v) is 16.2. The normalized spacial score (nSPS) is 12.5. The van der Waals surface area contributed by atoms with Crippen LogP contribution in [-0.2, 0) is 28.6 Å². The van der Waals surface area contributed by atoms with Gasteiger partial charge in [-0.2, -0.15) is 0 Å². The van der Waals surface area contributed by atoms with E-state index in [-0.39, 0.29) is 31.1 Å². The molecule has 0 rings (SSSR count). The van der Waals surface area contributed by atoms with Crippen molar-refractivity contribution in [2.75, 3.05) is 13.2 Å². The molecule has 0 bridgehead atoms. The van der Waals surface area contributed by atoms with Crippen molar-refractivity contribution in [2.45, 2.75) is 386 Å². The Hall–Kier alpha value is -3.15. The second-order valence-corrected chi connectivity index (χ2v) is 24.5. The van der Waals surface area contributed by atoms with Crippen LogP contribution in [-0.4, -0.2) is 37.2 Å². The Labute approximate surface area is 516 Å². The Morgan fingerprint density at radius 1 is 0.253 bits per heavy atom. The quantitative estimate of drug-likeness (QED) is 0.0261. The van der Waals surface area contributed by atoms with Crippen molar-refractivity contribution in [3.05, 3.63) is 72.9 Å². The Morgan fingerprint density at radius 3 is 0.735 bits per heavy atom. The molecule has 1 atom stereocenters. The molecular formula is C77H138O6. The minimum atomic E-state index is -0.779. The fourth-order valence-corrected chi connectivity index (χ4v) is 10.8. The van der Waals surface area contributed by atoms with E-state index in [0.29, 0.717) is 19.3 Å². The van der Waals surface area contributed by atoms with Gasteiger partial charge in [0.1, 0.15) is 13.2 Å². The van der Waals surface area contributed by atoms with E-state index in [1.54, 1.807) is 0 Å². The molecule has 6 nitrogen and oxygen atoms in total. The van der Waals surface area contributed by atoms with Gasteiger partial charge in [-0.25, -0.2) is 0 Å². The number of allylic oxidation sites excluding steroid dienone is 12. The van der Waals surface area contributed by atoms with Crippen molar-refractivity contribution in [1.82, 2.24) is 0 Å². The summed E-state index contributed by atoms with van der Waals surface area (Å²) in [5.41, 5.74) is 0. The summed E-state index contributed by atoms with van der Waals surface area (Å²) < 4.78 is 17.0. The van der Waals surface area contributed by atoms with Gasteiger partial charge in [0.25, 0.3) is 0 Å². The number of unbranched alkanes of at least 4 members (excludes halogenated alkanes) is 44. The van der Waals surface area contributed by atoms with Crippen LogP contribution in [0.1, 0.15) is 380 Å². The molecule has 0 heterocycles. The Kier molecular flexibility index (Phi) is 68.6. The highest BCUT2D eigenvalue weighted by Crippen LogP contribution is 2.18. The number of rotatable bonds is 67. The van der Waals surface area contributed by atoms with E-state index in [4.69, 9.17) is 14.2 Å². The summed E-state index contributed by atoms with van der Waals surface area (Å²) in [5, 5.41) is 0. The van der Waals surface area contributed by atoms with E-state index in [1.807, 2.05) is 0 Å². The first-order valence-corrected chi connectivity index (χ1v) is 36.4. The van der Waals surface area contributed by atoms with Gasteiger partial charge in [0.15, 0.2) is 6.10 Å². The number of carbonyl (C=O) groups is 3. The van der Waals surface area contributed by atoms with Crippen LogP contribution < -0.4 is 0 Å². The van der Waals surface area contributed by atoms with E-state index >= 15 is 0 Å². The van der Waals surface area contributed by atoms with Crippen molar-refractivity contribution < 1.29 is 28.6 Å².